The van der Waals surface area contributed by atoms with Gasteiger partial charge >= 0.3 is 6.18 Å². The molecule has 1 aromatic carbocycles. The minimum Gasteiger partial charge on any atom is -0.352 e. The molecule has 0 aromatic heterocycles. The summed E-state index contributed by atoms with van der Waals surface area (Å²) in [5.74, 6) is 2.56. The molecule has 164 valence electrons. The van der Waals surface area contributed by atoms with Gasteiger partial charge in [-0.1, -0.05) is 18.2 Å². The van der Waals surface area contributed by atoms with E-state index in [9.17, 15) is 18.0 Å². The van der Waals surface area contributed by atoms with Crippen LogP contribution < -0.4 is 5.32 Å². The van der Waals surface area contributed by atoms with Crippen molar-refractivity contribution in [2.75, 3.05) is 19.6 Å². The number of likely N-dealkylation sites (tertiary alicyclic amines) is 1. The summed E-state index contributed by atoms with van der Waals surface area (Å²) < 4.78 is 38.7. The van der Waals surface area contributed by atoms with Crippen molar-refractivity contribution in [3.63, 3.8) is 0 Å². The van der Waals surface area contributed by atoms with Gasteiger partial charge in [0.25, 0.3) is 0 Å². The molecule has 3 nitrogen and oxygen atoms in total. The summed E-state index contributed by atoms with van der Waals surface area (Å²) in [4.78, 5) is 15.5. The van der Waals surface area contributed by atoms with Crippen molar-refractivity contribution >= 4 is 5.91 Å². The summed E-state index contributed by atoms with van der Waals surface area (Å²) in [7, 11) is 0. The van der Waals surface area contributed by atoms with Gasteiger partial charge in [0, 0.05) is 31.1 Å². The van der Waals surface area contributed by atoms with E-state index in [2.05, 4.69) is 10.2 Å². The second-order valence-corrected chi connectivity index (χ2v) is 10.4. The van der Waals surface area contributed by atoms with E-state index in [4.69, 9.17) is 0 Å². The quantitative estimate of drug-likeness (QED) is 0.752. The van der Waals surface area contributed by atoms with Gasteiger partial charge in [-0.2, -0.15) is 13.2 Å². The van der Waals surface area contributed by atoms with Crippen LogP contribution in [0.25, 0.3) is 0 Å². The average molecular weight is 421 g/mol. The number of carbonyl (C=O) groups excluding carboxylic acids is 1. The molecule has 4 saturated carbocycles. The third-order valence-electron chi connectivity index (χ3n) is 8.10. The Kier molecular flexibility index (Phi) is 5.11. The van der Waals surface area contributed by atoms with Gasteiger partial charge in [-0.15, -0.1) is 0 Å². The molecule has 4 aliphatic carbocycles. The van der Waals surface area contributed by atoms with E-state index < -0.39 is 11.7 Å². The number of carbonyl (C=O) groups is 1. The second kappa shape index (κ2) is 7.54. The molecule has 1 unspecified atom stereocenters. The molecular weight excluding hydrogens is 389 g/mol. The summed E-state index contributed by atoms with van der Waals surface area (Å²) in [6.45, 7) is 2.42. The maximum Gasteiger partial charge on any atom is 0.416 e. The van der Waals surface area contributed by atoms with E-state index in [-0.39, 0.29) is 17.4 Å². The Balaban J connectivity index is 1.13. The fraction of sp³-hybridized carbons (Fsp3) is 0.708. The van der Waals surface area contributed by atoms with Crippen LogP contribution in [0.15, 0.2) is 24.3 Å². The number of hydrogen-bond acceptors (Lipinski definition) is 2. The van der Waals surface area contributed by atoms with Crippen LogP contribution in [0.1, 0.15) is 56.1 Å². The first-order chi connectivity index (χ1) is 14.3. The molecule has 5 fully saturated rings. The van der Waals surface area contributed by atoms with Crippen molar-refractivity contribution in [2.24, 2.45) is 23.2 Å². The maximum atomic E-state index is 13.2. The number of nitrogens with one attached hydrogen (secondary N) is 1. The molecule has 1 atom stereocenters. The van der Waals surface area contributed by atoms with Crippen molar-refractivity contribution in [1.29, 1.82) is 0 Å². The van der Waals surface area contributed by atoms with Crippen molar-refractivity contribution in [2.45, 2.75) is 63.6 Å². The van der Waals surface area contributed by atoms with Crippen LogP contribution in [0.5, 0.6) is 0 Å². The summed E-state index contributed by atoms with van der Waals surface area (Å²) in [6.07, 6.45) is 4.47. The number of amides is 1. The molecule has 4 bridgehead atoms. The maximum absolute atomic E-state index is 13.2. The van der Waals surface area contributed by atoms with Crippen molar-refractivity contribution in [3.8, 4) is 0 Å². The number of hydrogen-bond donors (Lipinski definition) is 1. The lowest BCUT2D eigenvalue weighted by Gasteiger charge is -2.55. The molecule has 30 heavy (non-hydrogen) atoms. The van der Waals surface area contributed by atoms with Crippen LogP contribution in [0.3, 0.4) is 0 Å². The van der Waals surface area contributed by atoms with E-state index in [0.717, 1.165) is 69.1 Å². The fourth-order valence-electron chi connectivity index (χ4n) is 7.07. The Morgan fingerprint density at radius 3 is 2.40 bits per heavy atom. The van der Waals surface area contributed by atoms with Crippen LogP contribution in [0.4, 0.5) is 13.2 Å². The third kappa shape index (κ3) is 4.00. The number of alkyl halides is 3. The Labute approximate surface area is 176 Å². The van der Waals surface area contributed by atoms with Gasteiger partial charge < -0.3 is 10.2 Å². The second-order valence-electron chi connectivity index (χ2n) is 10.4. The van der Waals surface area contributed by atoms with E-state index in [1.807, 2.05) is 0 Å². The summed E-state index contributed by atoms with van der Waals surface area (Å²) >= 11 is 0. The Bertz CT molecular complexity index is 771. The molecule has 0 spiro atoms. The standard InChI is InChI=1S/C24H31F3N2O/c25-24(26,27)20-3-1-2-16(11-20)4-6-29-7-5-21(15-29)28-22(30)23-12-17-8-18(13-23)10-19(9-17)14-23/h1-3,11,17-19,21H,4-10,12-15H2,(H,28,30). The molecule has 1 amide bonds. The van der Waals surface area contributed by atoms with E-state index in [0.29, 0.717) is 12.0 Å². The minimum atomic E-state index is -4.30. The largest absolute Gasteiger partial charge is 0.416 e. The molecule has 1 heterocycles. The number of benzene rings is 1. The highest BCUT2D eigenvalue weighted by Crippen LogP contribution is 2.60. The smallest absolute Gasteiger partial charge is 0.352 e. The molecule has 1 N–H and O–H groups in total. The molecule has 1 saturated heterocycles. The van der Waals surface area contributed by atoms with Crippen LogP contribution in [0, 0.1) is 23.2 Å². The fourth-order valence-corrected chi connectivity index (χ4v) is 7.07. The van der Waals surface area contributed by atoms with Gasteiger partial charge in [0.05, 0.1) is 5.56 Å². The van der Waals surface area contributed by atoms with Gasteiger partial charge in [0.15, 0.2) is 0 Å². The predicted octanol–water partition coefficient (Wildman–Crippen LogP) is 4.65. The molecular formula is C24H31F3N2O. The average Bonchev–Trinajstić information content (AvgIpc) is 3.12. The zero-order valence-corrected chi connectivity index (χ0v) is 17.4. The van der Waals surface area contributed by atoms with Gasteiger partial charge in [-0.3, -0.25) is 4.79 Å². The SMILES string of the molecule is O=C(NC1CCN(CCc2cccc(C(F)(F)F)c2)C1)C12CC3CC(CC(C3)C1)C2. The summed E-state index contributed by atoms with van der Waals surface area (Å²) in [5, 5.41) is 3.36. The highest BCUT2D eigenvalue weighted by molar-refractivity contribution is 5.83. The van der Waals surface area contributed by atoms with E-state index in [1.165, 1.54) is 31.4 Å². The van der Waals surface area contributed by atoms with E-state index >= 15 is 0 Å². The lowest BCUT2D eigenvalue weighted by Crippen LogP contribution is -2.55. The Morgan fingerprint density at radius 2 is 1.77 bits per heavy atom. The highest BCUT2D eigenvalue weighted by atomic mass is 19.4. The highest BCUT2D eigenvalue weighted by Gasteiger charge is 2.54. The molecule has 1 aromatic rings. The van der Waals surface area contributed by atoms with Crippen molar-refractivity contribution in [1.82, 2.24) is 10.2 Å². The van der Waals surface area contributed by atoms with E-state index in [1.54, 1.807) is 6.07 Å². The van der Waals surface area contributed by atoms with Crippen LogP contribution >= 0.6 is 0 Å². The number of halogens is 3. The zero-order chi connectivity index (χ0) is 20.9. The number of rotatable bonds is 5. The van der Waals surface area contributed by atoms with Gasteiger partial charge in [-0.05, 0) is 80.8 Å². The minimum absolute atomic E-state index is 0.111. The van der Waals surface area contributed by atoms with Gasteiger partial charge in [0.1, 0.15) is 0 Å². The predicted molar refractivity (Wildman–Crippen MR) is 109 cm³/mol. The topological polar surface area (TPSA) is 32.3 Å². The van der Waals surface area contributed by atoms with Gasteiger partial charge in [0.2, 0.25) is 5.91 Å². The molecule has 6 heteroatoms. The Morgan fingerprint density at radius 1 is 1.10 bits per heavy atom. The van der Waals surface area contributed by atoms with Gasteiger partial charge in [-0.25, -0.2) is 0 Å². The molecule has 6 rings (SSSR count). The van der Waals surface area contributed by atoms with Crippen LogP contribution in [-0.4, -0.2) is 36.5 Å². The molecule has 5 aliphatic rings. The molecule has 0 radical (unpaired) electrons. The van der Waals surface area contributed by atoms with Crippen LogP contribution in [-0.2, 0) is 17.4 Å². The van der Waals surface area contributed by atoms with Crippen LogP contribution in [0.2, 0.25) is 0 Å². The monoisotopic (exact) mass is 420 g/mol. The zero-order valence-electron chi connectivity index (χ0n) is 17.4. The summed E-state index contributed by atoms with van der Waals surface area (Å²) in [6, 6.07) is 5.79. The van der Waals surface area contributed by atoms with Crippen molar-refractivity contribution < 1.29 is 18.0 Å². The molecule has 1 aliphatic heterocycles. The lowest BCUT2D eigenvalue weighted by atomic mass is 9.49. The van der Waals surface area contributed by atoms with Crippen molar-refractivity contribution in [3.05, 3.63) is 35.4 Å². The first-order valence-electron chi connectivity index (χ1n) is 11.5. The Hall–Kier alpha value is -1.56. The normalized spacial score (nSPS) is 35.7. The first-order valence-corrected chi connectivity index (χ1v) is 11.5. The number of nitrogens with zero attached hydrogens (tertiary/aromatic N) is 1. The first kappa shape index (κ1) is 20.3. The summed E-state index contributed by atoms with van der Waals surface area (Å²) in [5.41, 5.74) is 0.0215. The lowest BCUT2D eigenvalue weighted by molar-refractivity contribution is -0.147. The third-order valence-corrected chi connectivity index (χ3v) is 8.10.